The van der Waals surface area contributed by atoms with Crippen LogP contribution in [-0.2, 0) is 38.4 Å². The Morgan fingerprint density at radius 2 is 1.77 bits per heavy atom. The third kappa shape index (κ3) is 9.02. The van der Waals surface area contributed by atoms with Gasteiger partial charge in [-0.25, -0.2) is 18.9 Å². The van der Waals surface area contributed by atoms with E-state index in [9.17, 15) is 27.6 Å². The summed E-state index contributed by atoms with van der Waals surface area (Å²) in [6.07, 6.45) is 2.25. The molecule has 2 amide bonds. The molecule has 0 radical (unpaired) electrons. The number of fused-ring (bicyclic) bond motifs is 1. The maximum Gasteiger partial charge on any atom is 0.362 e. The van der Waals surface area contributed by atoms with Gasteiger partial charge in [0.15, 0.2) is 5.78 Å². The van der Waals surface area contributed by atoms with Crippen LogP contribution in [-0.4, -0.2) is 83.9 Å². The predicted octanol–water partition coefficient (Wildman–Crippen LogP) is 4.69. The standard InChI is InChI=1S/C37H52N4O10S/c1-10-22-18-37(22,33(45)40-52(46,47)51-36(8)13-14-36)19-29(42)28-16-24(49-31-25-12-11-23(48-9)15-27(25)38-21-39-31)20-41(28)32(44)26(34(2,3)4)17-30(43)50-35(5,6)7/h11-12,15,21-22,24,26,28H,10,13-14,16-20H2,1-9H3,(H,40,45)/t22-,24-,26-,28+,37-/m1/s1. The van der Waals surface area contributed by atoms with E-state index in [1.165, 1.54) is 11.2 Å². The summed E-state index contributed by atoms with van der Waals surface area (Å²) < 4.78 is 50.1. The third-order valence-corrected chi connectivity index (χ3v) is 11.3. The van der Waals surface area contributed by atoms with Crippen molar-refractivity contribution in [2.24, 2.45) is 22.7 Å². The zero-order chi connectivity index (χ0) is 38.4. The molecule has 2 aromatic rings. The highest BCUT2D eigenvalue weighted by atomic mass is 32.2. The molecule has 15 heteroatoms. The van der Waals surface area contributed by atoms with E-state index in [1.54, 1.807) is 53.0 Å². The summed E-state index contributed by atoms with van der Waals surface area (Å²) in [6.45, 7) is 14.3. The van der Waals surface area contributed by atoms with Crippen molar-refractivity contribution in [1.82, 2.24) is 19.6 Å². The Morgan fingerprint density at radius 1 is 1.08 bits per heavy atom. The summed E-state index contributed by atoms with van der Waals surface area (Å²) >= 11 is 0. The number of nitrogens with one attached hydrogen (secondary N) is 1. The molecule has 5 rings (SSSR count). The number of benzene rings is 1. The molecular weight excluding hydrogens is 692 g/mol. The first-order chi connectivity index (χ1) is 24.1. The number of hydrogen-bond acceptors (Lipinski definition) is 12. The Labute approximate surface area is 305 Å². The summed E-state index contributed by atoms with van der Waals surface area (Å²) in [6, 6.07) is 4.24. The van der Waals surface area contributed by atoms with Crippen LogP contribution in [0.5, 0.6) is 11.6 Å². The first-order valence-electron chi connectivity index (χ1n) is 17.9. The molecule has 0 unspecified atom stereocenters. The molecule has 1 saturated heterocycles. The van der Waals surface area contributed by atoms with Gasteiger partial charge in [0.2, 0.25) is 17.7 Å². The molecular formula is C37H52N4O10S. The van der Waals surface area contributed by atoms with Gasteiger partial charge in [0.1, 0.15) is 23.8 Å². The average molecular weight is 745 g/mol. The first-order valence-corrected chi connectivity index (χ1v) is 19.3. The number of amides is 2. The Kier molecular flexibility index (Phi) is 10.7. The molecule has 14 nitrogen and oxygen atoms in total. The fraction of sp³-hybridized carbons (Fsp3) is 0.676. The van der Waals surface area contributed by atoms with Gasteiger partial charge in [-0.2, -0.15) is 8.42 Å². The van der Waals surface area contributed by atoms with E-state index in [0.717, 1.165) is 0 Å². The minimum atomic E-state index is -4.41. The molecule has 0 spiro atoms. The number of hydrogen-bond donors (Lipinski definition) is 1. The van der Waals surface area contributed by atoms with Crippen molar-refractivity contribution in [2.45, 2.75) is 124 Å². The van der Waals surface area contributed by atoms with Gasteiger partial charge in [-0.05, 0) is 70.4 Å². The van der Waals surface area contributed by atoms with Crippen molar-refractivity contribution in [1.29, 1.82) is 0 Å². The largest absolute Gasteiger partial charge is 0.497 e. The van der Waals surface area contributed by atoms with Crippen molar-refractivity contribution in [3.05, 3.63) is 24.5 Å². The lowest BCUT2D eigenvalue weighted by atomic mass is 9.77. The number of aromatic nitrogens is 2. The summed E-state index contributed by atoms with van der Waals surface area (Å²) in [5.74, 6) is -2.38. The van der Waals surface area contributed by atoms with Gasteiger partial charge in [-0.3, -0.25) is 19.2 Å². The fourth-order valence-electron chi connectivity index (χ4n) is 7.02. The Morgan fingerprint density at radius 3 is 2.35 bits per heavy atom. The van der Waals surface area contributed by atoms with E-state index in [0.29, 0.717) is 42.3 Å². The van der Waals surface area contributed by atoms with Gasteiger partial charge in [0, 0.05) is 18.9 Å². The van der Waals surface area contributed by atoms with Crippen molar-refractivity contribution in [2.75, 3.05) is 13.7 Å². The maximum atomic E-state index is 14.5. The number of nitrogens with zero attached hydrogens (tertiary/aromatic N) is 3. The molecule has 286 valence electrons. The third-order valence-electron chi connectivity index (χ3n) is 10.3. The van der Waals surface area contributed by atoms with Crippen LogP contribution < -0.4 is 14.2 Å². The molecule has 3 fully saturated rings. The van der Waals surface area contributed by atoms with E-state index in [4.69, 9.17) is 18.4 Å². The zero-order valence-corrected chi connectivity index (χ0v) is 32.4. The lowest BCUT2D eigenvalue weighted by molar-refractivity contribution is -0.161. The fourth-order valence-corrected chi connectivity index (χ4v) is 8.18. The van der Waals surface area contributed by atoms with Gasteiger partial charge in [-0.1, -0.05) is 34.1 Å². The smallest absolute Gasteiger partial charge is 0.362 e. The molecule has 3 aliphatic rings. The van der Waals surface area contributed by atoms with Gasteiger partial charge in [-0.15, -0.1) is 0 Å². The molecule has 1 aliphatic heterocycles. The minimum absolute atomic E-state index is 0.00892. The summed E-state index contributed by atoms with van der Waals surface area (Å²) in [5, 5.41) is 0.608. The van der Waals surface area contributed by atoms with Gasteiger partial charge < -0.3 is 19.1 Å². The van der Waals surface area contributed by atoms with Crippen LogP contribution in [0.2, 0.25) is 0 Å². The van der Waals surface area contributed by atoms with Gasteiger partial charge >= 0.3 is 16.3 Å². The van der Waals surface area contributed by atoms with Crippen LogP contribution in [0.15, 0.2) is 24.5 Å². The number of likely N-dealkylation sites (tertiary alicyclic amines) is 1. The van der Waals surface area contributed by atoms with E-state index in [-0.39, 0.29) is 37.6 Å². The lowest BCUT2D eigenvalue weighted by Gasteiger charge is -2.35. The zero-order valence-electron chi connectivity index (χ0n) is 31.6. The van der Waals surface area contributed by atoms with Crippen molar-refractivity contribution >= 4 is 44.8 Å². The van der Waals surface area contributed by atoms with Crippen LogP contribution in [0.1, 0.15) is 100 Å². The highest BCUT2D eigenvalue weighted by Gasteiger charge is 2.62. The second-order valence-corrected chi connectivity index (χ2v) is 18.1. The molecule has 2 aliphatic carbocycles. The number of methoxy groups -OCH3 is 1. The van der Waals surface area contributed by atoms with Crippen LogP contribution in [0.4, 0.5) is 0 Å². The van der Waals surface area contributed by atoms with E-state index in [2.05, 4.69) is 14.7 Å². The molecule has 2 heterocycles. The number of carbonyl (C=O) groups excluding carboxylic acids is 4. The first kappa shape index (κ1) is 39.4. The Balaban J connectivity index is 1.43. The number of carbonyl (C=O) groups is 4. The Bertz CT molecular complexity index is 1830. The number of ketones is 1. The minimum Gasteiger partial charge on any atom is -0.497 e. The lowest BCUT2D eigenvalue weighted by Crippen LogP contribution is -2.49. The molecule has 1 aromatic carbocycles. The van der Waals surface area contributed by atoms with Crippen molar-refractivity contribution < 1.29 is 46.0 Å². The second kappa shape index (κ2) is 14.2. The molecule has 1 N–H and O–H groups in total. The van der Waals surface area contributed by atoms with E-state index >= 15 is 0 Å². The SMILES string of the molecule is CC[C@@H]1C[C@]1(CC(=O)[C@@H]1C[C@@H](Oc2ncnc3cc(OC)ccc23)CN1C(=O)[C@@H](CC(=O)OC(C)(C)C)C(C)(C)C)C(=O)NS(=O)(=O)OC1(C)CC1. The van der Waals surface area contributed by atoms with Gasteiger partial charge in [0.25, 0.3) is 0 Å². The summed E-state index contributed by atoms with van der Waals surface area (Å²) in [4.78, 5) is 65.8. The quantitative estimate of drug-likeness (QED) is 0.264. The number of rotatable bonds is 14. The summed E-state index contributed by atoms with van der Waals surface area (Å²) in [5.41, 5.74) is -2.99. The molecule has 52 heavy (non-hydrogen) atoms. The van der Waals surface area contributed by atoms with Crippen molar-refractivity contribution in [3.8, 4) is 11.6 Å². The molecule has 0 bridgehead atoms. The topological polar surface area (TPSA) is 180 Å². The monoisotopic (exact) mass is 744 g/mol. The van der Waals surface area contributed by atoms with Crippen LogP contribution >= 0.6 is 0 Å². The summed E-state index contributed by atoms with van der Waals surface area (Å²) in [7, 11) is -2.86. The van der Waals surface area contributed by atoms with Crippen LogP contribution in [0.3, 0.4) is 0 Å². The van der Waals surface area contributed by atoms with Crippen molar-refractivity contribution in [3.63, 3.8) is 0 Å². The predicted molar refractivity (Wildman–Crippen MR) is 190 cm³/mol. The highest BCUT2D eigenvalue weighted by Crippen LogP contribution is 2.58. The van der Waals surface area contributed by atoms with E-state index < -0.39 is 74.0 Å². The second-order valence-electron chi connectivity index (χ2n) is 16.8. The van der Waals surface area contributed by atoms with Gasteiger partial charge in [0.05, 0.1) is 54.0 Å². The maximum absolute atomic E-state index is 14.5. The molecule has 2 saturated carbocycles. The normalized spacial score (nSPS) is 24.6. The number of Topliss-reactive ketones (excluding diaryl/α,β-unsaturated/α-hetero) is 1. The highest BCUT2D eigenvalue weighted by molar-refractivity contribution is 7.85. The number of esters is 1. The van der Waals surface area contributed by atoms with E-state index in [1.807, 2.05) is 27.7 Å². The van der Waals surface area contributed by atoms with Crippen LogP contribution in [0, 0.1) is 22.7 Å². The number of ether oxygens (including phenoxy) is 3. The van der Waals surface area contributed by atoms with Crippen LogP contribution in [0.25, 0.3) is 10.9 Å². The molecule has 5 atom stereocenters. The Hall–Kier alpha value is -3.85. The average Bonchev–Trinajstić information content (AvgIpc) is 3.90. The molecule has 1 aromatic heterocycles.